The number of hydrogen-bond donors (Lipinski definition) is 1. The van der Waals surface area contributed by atoms with Crippen molar-refractivity contribution in [2.45, 2.75) is 30.5 Å². The molecule has 2 heterocycles. The number of nitriles is 1. The number of rotatable bonds is 7. The van der Waals surface area contributed by atoms with Crippen molar-refractivity contribution in [3.63, 3.8) is 0 Å². The zero-order valence-electron chi connectivity index (χ0n) is 14.5. The molecule has 8 heteroatoms. The first-order valence-corrected chi connectivity index (χ1v) is 10.5. The Morgan fingerprint density at radius 3 is 2.89 bits per heavy atom. The van der Waals surface area contributed by atoms with Crippen LogP contribution in [0.25, 0.3) is 10.7 Å². The van der Waals surface area contributed by atoms with Gasteiger partial charge in [-0.3, -0.25) is 9.36 Å². The Balaban J connectivity index is 1.38. The van der Waals surface area contributed by atoms with E-state index in [-0.39, 0.29) is 5.91 Å². The molecule has 6 nitrogen and oxygen atoms in total. The lowest BCUT2D eigenvalue weighted by Gasteiger charge is -2.08. The van der Waals surface area contributed by atoms with Gasteiger partial charge in [0.15, 0.2) is 11.0 Å². The topological polar surface area (TPSA) is 83.6 Å². The Morgan fingerprint density at radius 2 is 2.15 bits per heavy atom. The highest BCUT2D eigenvalue weighted by atomic mass is 32.2. The largest absolute Gasteiger partial charge is 0.325 e. The number of nitrogens with one attached hydrogen (secondary N) is 1. The molecule has 0 atom stereocenters. The number of carbonyl (C=O) groups excluding carboxylic acids is 1. The van der Waals surface area contributed by atoms with E-state index in [0.29, 0.717) is 29.5 Å². The molecule has 0 spiro atoms. The molecule has 2 aromatic heterocycles. The van der Waals surface area contributed by atoms with Gasteiger partial charge in [-0.25, -0.2) is 0 Å². The zero-order chi connectivity index (χ0) is 18.6. The van der Waals surface area contributed by atoms with Gasteiger partial charge in [-0.2, -0.15) is 5.26 Å². The van der Waals surface area contributed by atoms with Crippen LogP contribution in [0.2, 0.25) is 0 Å². The molecule has 1 aliphatic carbocycles. The van der Waals surface area contributed by atoms with Crippen molar-refractivity contribution in [1.29, 1.82) is 5.26 Å². The SMILES string of the molecule is N#Cc1ccccc1NC(=O)CCSc1nnc(-c2cccs2)n1C1CC1. The summed E-state index contributed by atoms with van der Waals surface area (Å²) in [5, 5.41) is 23.5. The van der Waals surface area contributed by atoms with Gasteiger partial charge in [0.1, 0.15) is 6.07 Å². The predicted octanol–water partition coefficient (Wildman–Crippen LogP) is 4.33. The Labute approximate surface area is 165 Å². The van der Waals surface area contributed by atoms with Crippen LogP contribution in [0.4, 0.5) is 5.69 Å². The molecular formula is C19H17N5OS2. The summed E-state index contributed by atoms with van der Waals surface area (Å²) in [6, 6.07) is 13.6. The molecule has 1 saturated carbocycles. The summed E-state index contributed by atoms with van der Waals surface area (Å²) in [5.74, 6) is 1.42. The maximum atomic E-state index is 12.2. The summed E-state index contributed by atoms with van der Waals surface area (Å²) in [5.41, 5.74) is 1.02. The third-order valence-corrected chi connectivity index (χ3v) is 6.01. The average molecular weight is 396 g/mol. The Hall–Kier alpha value is -2.63. The van der Waals surface area contributed by atoms with E-state index in [2.05, 4.69) is 32.2 Å². The molecule has 1 fully saturated rings. The lowest BCUT2D eigenvalue weighted by Crippen LogP contribution is -2.13. The van der Waals surface area contributed by atoms with Crippen molar-refractivity contribution in [3.05, 3.63) is 47.3 Å². The molecule has 4 rings (SSSR count). The van der Waals surface area contributed by atoms with Crippen molar-refractivity contribution in [2.75, 3.05) is 11.1 Å². The first kappa shape index (κ1) is 17.8. The Kier molecular flexibility index (Phi) is 5.23. The van der Waals surface area contributed by atoms with Crippen LogP contribution in [-0.4, -0.2) is 26.4 Å². The summed E-state index contributed by atoms with van der Waals surface area (Å²) in [4.78, 5) is 13.3. The minimum atomic E-state index is -0.110. The third kappa shape index (κ3) is 4.04. The number of nitrogens with zero attached hydrogens (tertiary/aromatic N) is 4. The molecular weight excluding hydrogens is 378 g/mol. The van der Waals surface area contributed by atoms with Gasteiger partial charge in [0.05, 0.1) is 16.1 Å². The van der Waals surface area contributed by atoms with Gasteiger partial charge < -0.3 is 5.32 Å². The van der Waals surface area contributed by atoms with Crippen molar-refractivity contribution in [1.82, 2.24) is 14.8 Å². The number of anilines is 1. The molecule has 27 heavy (non-hydrogen) atoms. The number of benzene rings is 1. The molecule has 1 aliphatic rings. The second-order valence-electron chi connectivity index (χ2n) is 6.19. The van der Waals surface area contributed by atoms with E-state index < -0.39 is 0 Å². The number of thioether (sulfide) groups is 1. The van der Waals surface area contributed by atoms with Crippen LogP contribution in [0.1, 0.15) is 30.9 Å². The summed E-state index contributed by atoms with van der Waals surface area (Å²) in [7, 11) is 0. The van der Waals surface area contributed by atoms with Gasteiger partial charge in [0.25, 0.3) is 0 Å². The monoisotopic (exact) mass is 395 g/mol. The van der Waals surface area contributed by atoms with Crippen LogP contribution in [-0.2, 0) is 4.79 Å². The van der Waals surface area contributed by atoms with Crippen molar-refractivity contribution in [2.24, 2.45) is 0 Å². The van der Waals surface area contributed by atoms with Gasteiger partial charge in [0, 0.05) is 18.2 Å². The maximum Gasteiger partial charge on any atom is 0.225 e. The van der Waals surface area contributed by atoms with Gasteiger partial charge in [-0.05, 0) is 36.4 Å². The van der Waals surface area contributed by atoms with Crippen LogP contribution < -0.4 is 5.32 Å². The van der Waals surface area contributed by atoms with E-state index >= 15 is 0 Å². The number of amides is 1. The Bertz CT molecular complexity index is 986. The fourth-order valence-corrected chi connectivity index (χ4v) is 4.40. The highest BCUT2D eigenvalue weighted by Gasteiger charge is 2.30. The van der Waals surface area contributed by atoms with Crippen molar-refractivity contribution < 1.29 is 4.79 Å². The van der Waals surface area contributed by atoms with E-state index in [1.54, 1.807) is 47.4 Å². The zero-order valence-corrected chi connectivity index (χ0v) is 16.1. The molecule has 0 saturated heterocycles. The van der Waals surface area contributed by atoms with E-state index in [1.807, 2.05) is 11.4 Å². The third-order valence-electron chi connectivity index (χ3n) is 4.20. The standard InChI is InChI=1S/C19H17N5OS2/c20-12-13-4-1-2-5-15(13)21-17(25)9-11-27-19-23-22-18(16-6-3-10-26-16)24(19)14-7-8-14/h1-6,10,14H,7-9,11H2,(H,21,25). The summed E-state index contributed by atoms with van der Waals surface area (Å²) < 4.78 is 2.21. The lowest BCUT2D eigenvalue weighted by molar-refractivity contribution is -0.115. The number of aromatic nitrogens is 3. The number of carbonyl (C=O) groups is 1. The summed E-state index contributed by atoms with van der Waals surface area (Å²) in [6.07, 6.45) is 2.64. The normalized spacial score (nSPS) is 13.3. The summed E-state index contributed by atoms with van der Waals surface area (Å²) in [6.45, 7) is 0. The first-order valence-electron chi connectivity index (χ1n) is 8.67. The van der Waals surface area contributed by atoms with E-state index in [0.717, 1.165) is 28.7 Å². The van der Waals surface area contributed by atoms with E-state index in [4.69, 9.17) is 5.26 Å². The average Bonchev–Trinajstić information content (AvgIpc) is 3.20. The van der Waals surface area contributed by atoms with Gasteiger partial charge >= 0.3 is 0 Å². The number of thiophene rings is 1. The van der Waals surface area contributed by atoms with Gasteiger partial charge in [-0.15, -0.1) is 21.5 Å². The smallest absolute Gasteiger partial charge is 0.225 e. The maximum absolute atomic E-state index is 12.2. The molecule has 0 bridgehead atoms. The Morgan fingerprint density at radius 1 is 1.30 bits per heavy atom. The molecule has 0 radical (unpaired) electrons. The molecule has 0 aliphatic heterocycles. The molecule has 3 aromatic rings. The van der Waals surface area contributed by atoms with Crippen molar-refractivity contribution >= 4 is 34.7 Å². The van der Waals surface area contributed by atoms with Gasteiger partial charge in [0.2, 0.25) is 5.91 Å². The fourth-order valence-electron chi connectivity index (χ4n) is 2.75. The van der Waals surface area contributed by atoms with Gasteiger partial charge in [-0.1, -0.05) is 30.0 Å². The second-order valence-corrected chi connectivity index (χ2v) is 8.20. The highest BCUT2D eigenvalue weighted by Crippen LogP contribution is 2.41. The minimum absolute atomic E-state index is 0.110. The van der Waals surface area contributed by atoms with Crippen LogP contribution in [0, 0.1) is 11.3 Å². The molecule has 136 valence electrons. The molecule has 1 aromatic carbocycles. The van der Waals surface area contributed by atoms with Crippen LogP contribution in [0.3, 0.4) is 0 Å². The minimum Gasteiger partial charge on any atom is -0.325 e. The van der Waals surface area contributed by atoms with E-state index in [9.17, 15) is 4.79 Å². The van der Waals surface area contributed by atoms with E-state index in [1.165, 1.54) is 0 Å². The molecule has 1 amide bonds. The lowest BCUT2D eigenvalue weighted by atomic mass is 10.2. The quantitative estimate of drug-likeness (QED) is 0.602. The number of hydrogen-bond acceptors (Lipinski definition) is 6. The molecule has 0 unspecified atom stereocenters. The molecule has 1 N–H and O–H groups in total. The van der Waals surface area contributed by atoms with Crippen molar-refractivity contribution in [3.8, 4) is 16.8 Å². The first-order chi connectivity index (χ1) is 13.3. The van der Waals surface area contributed by atoms with Crippen LogP contribution in [0.15, 0.2) is 46.9 Å². The predicted molar refractivity (Wildman–Crippen MR) is 107 cm³/mol. The van der Waals surface area contributed by atoms with Crippen LogP contribution >= 0.6 is 23.1 Å². The highest BCUT2D eigenvalue weighted by molar-refractivity contribution is 7.99. The number of para-hydroxylation sites is 1. The van der Waals surface area contributed by atoms with Crippen LogP contribution in [0.5, 0.6) is 0 Å². The summed E-state index contributed by atoms with van der Waals surface area (Å²) >= 11 is 3.21. The second kappa shape index (κ2) is 7.94. The fraction of sp³-hybridized carbons (Fsp3) is 0.263.